The van der Waals surface area contributed by atoms with E-state index in [-0.39, 0.29) is 18.0 Å². The Bertz CT molecular complexity index is 1060. The molecule has 27 heavy (non-hydrogen) atoms. The summed E-state index contributed by atoms with van der Waals surface area (Å²) in [5.74, 6) is -0.0134. The first-order chi connectivity index (χ1) is 12.7. The first-order valence-electron chi connectivity index (χ1n) is 9.17. The average molecular weight is 362 g/mol. The summed E-state index contributed by atoms with van der Waals surface area (Å²) in [6.07, 6.45) is 0. The molecule has 0 fully saturated rings. The highest BCUT2D eigenvalue weighted by Gasteiger charge is 2.29. The third-order valence-corrected chi connectivity index (χ3v) is 4.79. The summed E-state index contributed by atoms with van der Waals surface area (Å²) in [6, 6.07) is 15.6. The Morgan fingerprint density at radius 2 is 1.67 bits per heavy atom. The Morgan fingerprint density at radius 1 is 1.00 bits per heavy atom. The number of carbonyl (C=O) groups excluding carboxylic acids is 1. The summed E-state index contributed by atoms with van der Waals surface area (Å²) in [5, 5.41) is 0.970. The molecule has 3 rings (SSSR count). The molecule has 0 aliphatic rings. The number of anilines is 1. The maximum absolute atomic E-state index is 13.2. The SMILES string of the molecule is Cc1ccccc1N(Cc1cc2cccc(C)c2[nH]c1=O)C(=O)C(C)(C)C. The molecule has 3 aromatic rings. The molecule has 0 radical (unpaired) electrons. The fraction of sp³-hybridized carbons (Fsp3) is 0.304. The van der Waals surface area contributed by atoms with Gasteiger partial charge < -0.3 is 9.88 Å². The van der Waals surface area contributed by atoms with Crippen molar-refractivity contribution in [3.8, 4) is 0 Å². The number of H-pyrrole nitrogens is 1. The summed E-state index contributed by atoms with van der Waals surface area (Å²) in [7, 11) is 0. The zero-order chi connectivity index (χ0) is 19.8. The Morgan fingerprint density at radius 3 is 2.33 bits per heavy atom. The molecule has 1 heterocycles. The molecule has 0 aliphatic carbocycles. The van der Waals surface area contributed by atoms with Crippen LogP contribution in [-0.2, 0) is 11.3 Å². The van der Waals surface area contributed by atoms with Crippen LogP contribution in [0.1, 0.15) is 37.5 Å². The molecular formula is C23H26N2O2. The van der Waals surface area contributed by atoms with E-state index in [1.54, 1.807) is 4.90 Å². The van der Waals surface area contributed by atoms with Crippen LogP contribution in [0.25, 0.3) is 10.9 Å². The number of para-hydroxylation sites is 2. The van der Waals surface area contributed by atoms with Crippen molar-refractivity contribution < 1.29 is 4.79 Å². The molecule has 1 aromatic heterocycles. The number of hydrogen-bond acceptors (Lipinski definition) is 2. The van der Waals surface area contributed by atoms with Crippen molar-refractivity contribution >= 4 is 22.5 Å². The van der Waals surface area contributed by atoms with E-state index in [9.17, 15) is 9.59 Å². The molecule has 0 saturated heterocycles. The summed E-state index contributed by atoms with van der Waals surface area (Å²) >= 11 is 0. The van der Waals surface area contributed by atoms with Gasteiger partial charge in [-0.1, -0.05) is 57.2 Å². The van der Waals surface area contributed by atoms with Gasteiger partial charge in [-0.05, 0) is 42.5 Å². The van der Waals surface area contributed by atoms with Crippen molar-refractivity contribution in [3.63, 3.8) is 0 Å². The van der Waals surface area contributed by atoms with Crippen molar-refractivity contribution in [2.75, 3.05) is 4.90 Å². The van der Waals surface area contributed by atoms with Gasteiger partial charge in [0, 0.05) is 16.7 Å². The van der Waals surface area contributed by atoms with Crippen LogP contribution in [0.3, 0.4) is 0 Å². The Hall–Kier alpha value is -2.88. The van der Waals surface area contributed by atoms with Crippen LogP contribution in [0, 0.1) is 19.3 Å². The van der Waals surface area contributed by atoms with Gasteiger partial charge in [0.25, 0.3) is 5.56 Å². The number of benzene rings is 2. The topological polar surface area (TPSA) is 53.2 Å². The lowest BCUT2D eigenvalue weighted by Crippen LogP contribution is -2.40. The van der Waals surface area contributed by atoms with Crippen molar-refractivity contribution in [2.24, 2.45) is 5.41 Å². The normalized spacial score (nSPS) is 11.6. The number of rotatable bonds is 3. The Balaban J connectivity index is 2.11. The number of pyridine rings is 1. The highest BCUT2D eigenvalue weighted by atomic mass is 16.2. The molecule has 4 nitrogen and oxygen atoms in total. The fourth-order valence-electron chi connectivity index (χ4n) is 3.25. The second kappa shape index (κ2) is 7.03. The van der Waals surface area contributed by atoms with Crippen LogP contribution in [0.2, 0.25) is 0 Å². The van der Waals surface area contributed by atoms with E-state index in [2.05, 4.69) is 4.98 Å². The molecule has 4 heteroatoms. The van der Waals surface area contributed by atoms with Crippen LogP contribution in [0.5, 0.6) is 0 Å². The van der Waals surface area contributed by atoms with Gasteiger partial charge in [-0.3, -0.25) is 9.59 Å². The second-order valence-electron chi connectivity index (χ2n) is 8.09. The molecule has 0 aliphatic heterocycles. The van der Waals surface area contributed by atoms with E-state index in [1.165, 1.54) is 0 Å². The first-order valence-corrected chi connectivity index (χ1v) is 9.17. The number of nitrogens with one attached hydrogen (secondary N) is 1. The lowest BCUT2D eigenvalue weighted by Gasteiger charge is -2.30. The zero-order valence-corrected chi connectivity index (χ0v) is 16.6. The summed E-state index contributed by atoms with van der Waals surface area (Å²) in [6.45, 7) is 9.88. The molecule has 0 spiro atoms. The van der Waals surface area contributed by atoms with Crippen LogP contribution in [0.15, 0.2) is 53.3 Å². The lowest BCUT2D eigenvalue weighted by molar-refractivity contribution is -0.125. The molecule has 0 bridgehead atoms. The van der Waals surface area contributed by atoms with Crippen molar-refractivity contribution in [2.45, 2.75) is 41.2 Å². The maximum atomic E-state index is 13.2. The smallest absolute Gasteiger partial charge is 0.253 e. The van der Waals surface area contributed by atoms with Gasteiger partial charge in [-0.2, -0.15) is 0 Å². The largest absolute Gasteiger partial charge is 0.321 e. The minimum absolute atomic E-state index is 0.0134. The first kappa shape index (κ1) is 18.9. The number of amides is 1. The average Bonchev–Trinajstić information content (AvgIpc) is 2.60. The van der Waals surface area contributed by atoms with Crippen LogP contribution < -0.4 is 10.5 Å². The molecule has 1 amide bonds. The van der Waals surface area contributed by atoms with E-state index < -0.39 is 5.41 Å². The number of fused-ring (bicyclic) bond motifs is 1. The Kier molecular flexibility index (Phi) is 4.92. The number of aromatic nitrogens is 1. The van der Waals surface area contributed by atoms with Gasteiger partial charge in [-0.15, -0.1) is 0 Å². The second-order valence-corrected chi connectivity index (χ2v) is 8.09. The minimum Gasteiger partial charge on any atom is -0.321 e. The predicted molar refractivity (Wildman–Crippen MR) is 111 cm³/mol. The fourth-order valence-corrected chi connectivity index (χ4v) is 3.25. The summed E-state index contributed by atoms with van der Waals surface area (Å²) in [4.78, 5) is 30.6. The van der Waals surface area contributed by atoms with Crippen molar-refractivity contribution in [1.29, 1.82) is 0 Å². The summed E-state index contributed by atoms with van der Waals surface area (Å²) < 4.78 is 0. The van der Waals surface area contributed by atoms with E-state index >= 15 is 0 Å². The molecule has 2 aromatic carbocycles. The van der Waals surface area contributed by atoms with E-state index in [4.69, 9.17) is 0 Å². The number of hydrogen-bond donors (Lipinski definition) is 1. The summed E-state index contributed by atoms with van der Waals surface area (Å²) in [5.41, 5.74) is 3.58. The molecule has 1 N–H and O–H groups in total. The number of aromatic amines is 1. The van der Waals surface area contributed by atoms with Gasteiger partial charge in [-0.25, -0.2) is 0 Å². The van der Waals surface area contributed by atoms with E-state index in [0.717, 1.165) is 27.7 Å². The third kappa shape index (κ3) is 3.80. The van der Waals surface area contributed by atoms with Gasteiger partial charge in [0.05, 0.1) is 12.1 Å². The minimum atomic E-state index is -0.553. The van der Waals surface area contributed by atoms with Crippen LogP contribution in [0.4, 0.5) is 5.69 Å². The van der Waals surface area contributed by atoms with Crippen LogP contribution >= 0.6 is 0 Å². The van der Waals surface area contributed by atoms with Crippen molar-refractivity contribution in [1.82, 2.24) is 4.98 Å². The third-order valence-electron chi connectivity index (χ3n) is 4.79. The molecule has 140 valence electrons. The molecular weight excluding hydrogens is 336 g/mol. The predicted octanol–water partition coefficient (Wildman–Crippen LogP) is 4.72. The maximum Gasteiger partial charge on any atom is 0.253 e. The molecule has 0 saturated carbocycles. The number of aryl methyl sites for hydroxylation is 2. The van der Waals surface area contributed by atoms with Gasteiger partial charge in [0.15, 0.2) is 0 Å². The molecule has 0 atom stereocenters. The highest BCUT2D eigenvalue weighted by Crippen LogP contribution is 2.27. The standard InChI is InChI=1S/C23H26N2O2/c1-15-9-6-7-12-19(15)25(22(27)23(3,4)5)14-18-13-17-11-8-10-16(2)20(17)24-21(18)26/h6-13H,14H2,1-5H3,(H,24,26). The monoisotopic (exact) mass is 362 g/mol. The van der Waals surface area contributed by atoms with Gasteiger partial charge in [0.1, 0.15) is 0 Å². The lowest BCUT2D eigenvalue weighted by atomic mass is 9.93. The van der Waals surface area contributed by atoms with E-state index in [1.807, 2.05) is 83.1 Å². The van der Waals surface area contributed by atoms with Crippen LogP contribution in [-0.4, -0.2) is 10.9 Å². The number of nitrogens with zero attached hydrogens (tertiary/aromatic N) is 1. The molecule has 0 unspecified atom stereocenters. The van der Waals surface area contributed by atoms with Gasteiger partial charge in [0.2, 0.25) is 5.91 Å². The quantitative estimate of drug-likeness (QED) is 0.733. The number of carbonyl (C=O) groups is 1. The zero-order valence-electron chi connectivity index (χ0n) is 16.6. The Labute approximate surface area is 159 Å². The van der Waals surface area contributed by atoms with Crippen molar-refractivity contribution in [3.05, 3.63) is 75.6 Å². The highest BCUT2D eigenvalue weighted by molar-refractivity contribution is 5.97. The van der Waals surface area contributed by atoms with E-state index in [0.29, 0.717) is 5.56 Å². The van der Waals surface area contributed by atoms with Gasteiger partial charge >= 0.3 is 0 Å².